The van der Waals surface area contributed by atoms with Crippen molar-refractivity contribution >= 4 is 22.1 Å². The fraction of sp³-hybridized carbons (Fsp3) is 0.579. The molecule has 0 atom stereocenters. The Bertz CT molecular complexity index is 1070. The number of nitrogens with zero attached hydrogens (tertiary/aromatic N) is 5. The van der Waals surface area contributed by atoms with Crippen LogP contribution < -0.4 is 11.2 Å². The average molecular weight is 357 g/mol. The zero-order valence-corrected chi connectivity index (χ0v) is 16.2. The van der Waals surface area contributed by atoms with E-state index < -0.39 is 5.69 Å². The third-order valence-corrected chi connectivity index (χ3v) is 5.02. The predicted molar refractivity (Wildman–Crippen MR) is 104 cm³/mol. The fourth-order valence-corrected chi connectivity index (χ4v) is 3.66. The molecule has 0 amide bonds. The van der Waals surface area contributed by atoms with Crippen molar-refractivity contribution in [2.45, 2.75) is 58.9 Å². The molecule has 0 aromatic carbocycles. The van der Waals surface area contributed by atoms with Gasteiger partial charge in [-0.25, -0.2) is 4.79 Å². The molecule has 0 spiro atoms. The highest BCUT2D eigenvalue weighted by Gasteiger charge is 2.20. The van der Waals surface area contributed by atoms with Crippen LogP contribution in [0.1, 0.15) is 58.2 Å². The lowest BCUT2D eigenvalue weighted by Crippen LogP contribution is -2.37. The van der Waals surface area contributed by atoms with Gasteiger partial charge in [-0.05, 0) is 32.8 Å². The van der Waals surface area contributed by atoms with Gasteiger partial charge in [0, 0.05) is 25.8 Å². The fourth-order valence-electron chi connectivity index (χ4n) is 3.66. The summed E-state index contributed by atoms with van der Waals surface area (Å²) in [5.41, 5.74) is 2.30. The first-order valence-corrected chi connectivity index (χ1v) is 9.34. The SMILES string of the molecule is CCCCCCc1cc2nnc3c(c(=O)n(C)c(=O)n3C)c2n1C(C)C. The number of aromatic nitrogens is 5. The van der Waals surface area contributed by atoms with Gasteiger partial charge in [0.1, 0.15) is 10.9 Å². The van der Waals surface area contributed by atoms with Gasteiger partial charge in [-0.15, -0.1) is 10.2 Å². The maximum absolute atomic E-state index is 12.9. The molecule has 0 aliphatic heterocycles. The normalized spacial score (nSPS) is 11.9. The van der Waals surface area contributed by atoms with E-state index in [9.17, 15) is 9.59 Å². The molecule has 0 N–H and O–H groups in total. The van der Waals surface area contributed by atoms with Gasteiger partial charge in [-0.1, -0.05) is 26.2 Å². The first-order valence-electron chi connectivity index (χ1n) is 9.34. The quantitative estimate of drug-likeness (QED) is 0.636. The van der Waals surface area contributed by atoms with Crippen LogP contribution in [0.25, 0.3) is 22.1 Å². The van der Waals surface area contributed by atoms with Crippen LogP contribution >= 0.6 is 0 Å². The lowest BCUT2D eigenvalue weighted by atomic mass is 10.1. The molecule has 3 rings (SSSR count). The van der Waals surface area contributed by atoms with Crippen molar-refractivity contribution in [1.29, 1.82) is 0 Å². The van der Waals surface area contributed by atoms with Gasteiger partial charge in [0.15, 0.2) is 5.65 Å². The van der Waals surface area contributed by atoms with Gasteiger partial charge >= 0.3 is 5.69 Å². The van der Waals surface area contributed by atoms with Gasteiger partial charge < -0.3 is 4.57 Å². The molecule has 0 radical (unpaired) electrons. The van der Waals surface area contributed by atoms with Gasteiger partial charge in [0.25, 0.3) is 5.56 Å². The van der Waals surface area contributed by atoms with E-state index in [4.69, 9.17) is 0 Å². The molecule has 140 valence electrons. The van der Waals surface area contributed by atoms with E-state index in [2.05, 4.69) is 35.5 Å². The zero-order chi connectivity index (χ0) is 19.0. The lowest BCUT2D eigenvalue weighted by molar-refractivity contribution is 0.575. The van der Waals surface area contributed by atoms with E-state index in [1.807, 2.05) is 6.07 Å². The van der Waals surface area contributed by atoms with Crippen LogP contribution in [0.4, 0.5) is 0 Å². The third-order valence-electron chi connectivity index (χ3n) is 5.02. The topological polar surface area (TPSA) is 74.7 Å². The minimum absolute atomic E-state index is 0.183. The Morgan fingerprint density at radius 1 is 1.04 bits per heavy atom. The van der Waals surface area contributed by atoms with Crippen molar-refractivity contribution in [3.8, 4) is 0 Å². The summed E-state index contributed by atoms with van der Waals surface area (Å²) in [5.74, 6) is 0. The summed E-state index contributed by atoms with van der Waals surface area (Å²) in [4.78, 5) is 25.1. The second-order valence-corrected chi connectivity index (χ2v) is 7.25. The Kier molecular flexibility index (Phi) is 4.98. The minimum Gasteiger partial charge on any atom is -0.340 e. The van der Waals surface area contributed by atoms with Crippen LogP contribution in [0.5, 0.6) is 0 Å². The molecule has 0 fully saturated rings. The Morgan fingerprint density at radius 2 is 1.77 bits per heavy atom. The first kappa shape index (κ1) is 18.4. The molecule has 0 aliphatic rings. The Morgan fingerprint density at radius 3 is 2.42 bits per heavy atom. The van der Waals surface area contributed by atoms with Gasteiger partial charge in [0.2, 0.25) is 0 Å². The van der Waals surface area contributed by atoms with Crippen molar-refractivity contribution in [2.24, 2.45) is 14.1 Å². The summed E-state index contributed by atoms with van der Waals surface area (Å²) in [6.45, 7) is 6.41. The molecular formula is C19H27N5O2. The van der Waals surface area contributed by atoms with Crippen LogP contribution in [0, 0.1) is 0 Å². The van der Waals surface area contributed by atoms with Crippen molar-refractivity contribution in [3.63, 3.8) is 0 Å². The summed E-state index contributed by atoms with van der Waals surface area (Å²) in [7, 11) is 3.13. The second kappa shape index (κ2) is 7.05. The minimum atomic E-state index is -0.390. The molecule has 7 nitrogen and oxygen atoms in total. The third kappa shape index (κ3) is 2.85. The smallest absolute Gasteiger partial charge is 0.332 e. The molecule has 7 heteroatoms. The van der Waals surface area contributed by atoms with Gasteiger partial charge in [-0.3, -0.25) is 13.9 Å². The molecule has 3 aromatic heterocycles. The summed E-state index contributed by atoms with van der Waals surface area (Å²) < 4.78 is 4.72. The standard InChI is InChI=1S/C19H27N5O2/c1-6-7-8-9-10-13-11-14-16(24(13)12(2)3)15-17(21-20-14)22(4)19(26)23(5)18(15)25/h11-12H,6-10H2,1-5H3. The number of hydrogen-bond acceptors (Lipinski definition) is 4. The van der Waals surface area contributed by atoms with Gasteiger partial charge in [-0.2, -0.15) is 0 Å². The maximum Gasteiger partial charge on any atom is 0.332 e. The van der Waals surface area contributed by atoms with E-state index in [1.54, 1.807) is 7.05 Å². The summed E-state index contributed by atoms with van der Waals surface area (Å²) in [6.07, 6.45) is 5.68. The molecule has 3 aromatic rings. The highest BCUT2D eigenvalue weighted by Crippen LogP contribution is 2.27. The van der Waals surface area contributed by atoms with E-state index >= 15 is 0 Å². The molecule has 26 heavy (non-hydrogen) atoms. The van der Waals surface area contributed by atoms with Crippen LogP contribution in [0.15, 0.2) is 15.7 Å². The first-order chi connectivity index (χ1) is 12.4. The van der Waals surface area contributed by atoms with Crippen LogP contribution in [-0.4, -0.2) is 23.9 Å². The molecular weight excluding hydrogens is 330 g/mol. The number of aryl methyl sites for hydroxylation is 2. The van der Waals surface area contributed by atoms with Crippen molar-refractivity contribution in [3.05, 3.63) is 32.6 Å². The summed E-state index contributed by atoms with van der Waals surface area (Å²) >= 11 is 0. The highest BCUT2D eigenvalue weighted by atomic mass is 16.2. The number of fused-ring (bicyclic) bond motifs is 3. The number of unbranched alkanes of at least 4 members (excludes halogenated alkanes) is 3. The zero-order valence-electron chi connectivity index (χ0n) is 16.2. The van der Waals surface area contributed by atoms with E-state index in [0.29, 0.717) is 16.6 Å². The summed E-state index contributed by atoms with van der Waals surface area (Å²) in [6, 6.07) is 2.22. The monoisotopic (exact) mass is 357 g/mol. The second-order valence-electron chi connectivity index (χ2n) is 7.25. The number of rotatable bonds is 6. The van der Waals surface area contributed by atoms with Gasteiger partial charge in [0.05, 0.1) is 5.52 Å². The molecule has 0 unspecified atom stereocenters. The Labute approximate surface area is 152 Å². The van der Waals surface area contributed by atoms with Crippen molar-refractivity contribution in [1.82, 2.24) is 23.9 Å². The van der Waals surface area contributed by atoms with Crippen molar-refractivity contribution in [2.75, 3.05) is 0 Å². The molecule has 0 bridgehead atoms. The molecule has 3 heterocycles. The van der Waals surface area contributed by atoms with E-state index in [-0.39, 0.29) is 11.6 Å². The molecule has 0 saturated carbocycles. The van der Waals surface area contributed by atoms with Crippen LogP contribution in [0.2, 0.25) is 0 Å². The van der Waals surface area contributed by atoms with Crippen LogP contribution in [-0.2, 0) is 20.5 Å². The molecule has 0 aliphatic carbocycles. The van der Waals surface area contributed by atoms with Crippen LogP contribution in [0.3, 0.4) is 0 Å². The molecule has 0 saturated heterocycles. The maximum atomic E-state index is 12.9. The summed E-state index contributed by atoms with van der Waals surface area (Å²) in [5, 5.41) is 8.96. The Hall–Kier alpha value is -2.44. The van der Waals surface area contributed by atoms with E-state index in [0.717, 1.165) is 22.9 Å². The largest absolute Gasteiger partial charge is 0.340 e. The lowest BCUT2D eigenvalue weighted by Gasteiger charge is -2.16. The Balaban J connectivity index is 2.31. The van der Waals surface area contributed by atoms with E-state index in [1.165, 1.54) is 36.6 Å². The van der Waals surface area contributed by atoms with Crippen molar-refractivity contribution < 1.29 is 0 Å². The average Bonchev–Trinajstić information content (AvgIpc) is 2.99. The highest BCUT2D eigenvalue weighted by molar-refractivity contribution is 6.00. The predicted octanol–water partition coefficient (Wildman–Crippen LogP) is 2.69. The number of hydrogen-bond donors (Lipinski definition) is 0.